The van der Waals surface area contributed by atoms with E-state index in [0.29, 0.717) is 38.0 Å². The molecule has 28 heavy (non-hydrogen) atoms. The first kappa shape index (κ1) is 23.4. The van der Waals surface area contributed by atoms with E-state index >= 15 is 0 Å². The van der Waals surface area contributed by atoms with Gasteiger partial charge >= 0.3 is 6.09 Å². The lowest BCUT2D eigenvalue weighted by Gasteiger charge is -2.20. The molecule has 8 heteroatoms. The predicted molar refractivity (Wildman–Crippen MR) is 111 cm³/mol. The first-order chi connectivity index (χ1) is 13.3. The highest BCUT2D eigenvalue weighted by atomic mass is 16.6. The van der Waals surface area contributed by atoms with E-state index < -0.39 is 11.7 Å². The summed E-state index contributed by atoms with van der Waals surface area (Å²) in [4.78, 5) is 16.2. The quantitative estimate of drug-likeness (QED) is 0.339. The fourth-order valence-corrected chi connectivity index (χ4v) is 2.26. The van der Waals surface area contributed by atoms with Gasteiger partial charge in [0.25, 0.3) is 0 Å². The van der Waals surface area contributed by atoms with Crippen LogP contribution in [0.2, 0.25) is 0 Å². The number of alkyl carbamates (subject to hydrolysis) is 1. The molecule has 0 aliphatic carbocycles. The maximum absolute atomic E-state index is 11.6. The van der Waals surface area contributed by atoms with Crippen molar-refractivity contribution in [2.75, 3.05) is 33.4 Å². The number of hydrogen-bond donors (Lipinski definition) is 3. The number of ether oxygens (including phenoxy) is 3. The molecule has 1 aromatic rings. The van der Waals surface area contributed by atoms with Gasteiger partial charge in [-0.3, -0.25) is 0 Å². The van der Waals surface area contributed by atoms with Crippen LogP contribution in [0.5, 0.6) is 11.5 Å². The lowest BCUT2D eigenvalue weighted by atomic mass is 10.2. The van der Waals surface area contributed by atoms with Crippen LogP contribution in [-0.2, 0) is 11.3 Å². The topological polar surface area (TPSA) is 93.2 Å². The summed E-state index contributed by atoms with van der Waals surface area (Å²) >= 11 is 0. The Balaban J connectivity index is 2.56. The highest BCUT2D eigenvalue weighted by Crippen LogP contribution is 2.28. The maximum atomic E-state index is 11.6. The monoisotopic (exact) mass is 394 g/mol. The first-order valence-corrected chi connectivity index (χ1v) is 9.57. The number of carbonyl (C=O) groups excluding carboxylic acids is 1. The van der Waals surface area contributed by atoms with Crippen LogP contribution in [0.15, 0.2) is 23.2 Å². The number of nitrogens with one attached hydrogen (secondary N) is 3. The zero-order chi connectivity index (χ0) is 21.0. The molecule has 1 rings (SSSR count). The molecule has 0 aliphatic rings. The Morgan fingerprint density at radius 2 is 1.79 bits per heavy atom. The fraction of sp³-hybridized carbons (Fsp3) is 0.600. The van der Waals surface area contributed by atoms with Crippen LogP contribution in [-0.4, -0.2) is 51.0 Å². The molecule has 0 atom stereocenters. The van der Waals surface area contributed by atoms with Gasteiger partial charge in [-0.1, -0.05) is 6.07 Å². The summed E-state index contributed by atoms with van der Waals surface area (Å²) in [6, 6.07) is 5.77. The summed E-state index contributed by atoms with van der Waals surface area (Å²) in [5.41, 5.74) is 0.497. The second-order valence-corrected chi connectivity index (χ2v) is 6.97. The zero-order valence-corrected chi connectivity index (χ0v) is 17.8. The third kappa shape index (κ3) is 9.34. The van der Waals surface area contributed by atoms with Crippen molar-refractivity contribution in [1.29, 1.82) is 0 Å². The summed E-state index contributed by atoms with van der Waals surface area (Å²) in [5, 5.41) is 9.07. The highest BCUT2D eigenvalue weighted by Gasteiger charge is 2.15. The van der Waals surface area contributed by atoms with Crippen LogP contribution >= 0.6 is 0 Å². The van der Waals surface area contributed by atoms with Crippen molar-refractivity contribution in [2.24, 2.45) is 4.99 Å². The van der Waals surface area contributed by atoms with Gasteiger partial charge in [0, 0.05) is 19.6 Å². The summed E-state index contributed by atoms with van der Waals surface area (Å²) < 4.78 is 16.1. The van der Waals surface area contributed by atoms with E-state index in [-0.39, 0.29) is 0 Å². The third-order valence-corrected chi connectivity index (χ3v) is 3.38. The Bertz CT molecular complexity index is 642. The Labute approximate surface area is 168 Å². The molecular formula is C20H34N4O4. The number of rotatable bonds is 9. The molecule has 0 fully saturated rings. The molecule has 8 nitrogen and oxygen atoms in total. The average Bonchev–Trinajstić information content (AvgIpc) is 2.62. The van der Waals surface area contributed by atoms with Crippen molar-refractivity contribution in [3.8, 4) is 11.5 Å². The van der Waals surface area contributed by atoms with Crippen molar-refractivity contribution in [1.82, 2.24) is 16.0 Å². The van der Waals surface area contributed by atoms with Crippen LogP contribution in [0.4, 0.5) is 4.79 Å². The number of benzene rings is 1. The van der Waals surface area contributed by atoms with Crippen LogP contribution in [0, 0.1) is 0 Å². The summed E-state index contributed by atoms with van der Waals surface area (Å²) in [6.07, 6.45) is -0.433. The fourth-order valence-electron chi connectivity index (χ4n) is 2.26. The molecule has 0 heterocycles. The predicted octanol–water partition coefficient (Wildman–Crippen LogP) is 2.67. The van der Waals surface area contributed by atoms with Gasteiger partial charge in [0.1, 0.15) is 5.60 Å². The van der Waals surface area contributed by atoms with Gasteiger partial charge in [-0.15, -0.1) is 0 Å². The SMILES string of the molecule is CCNC(=NCc1ccc(OCC)c(OC)c1)NCCNC(=O)OC(C)(C)C. The molecule has 1 aromatic carbocycles. The standard InChI is InChI=1S/C20H34N4O4/c1-7-21-18(22-11-12-23-19(25)28-20(3,4)5)24-14-15-9-10-16(27-8-2)17(13-15)26-6/h9-10,13H,7-8,11-12,14H2,1-6H3,(H,23,25)(H2,21,22,24). The number of methoxy groups -OCH3 is 1. The molecule has 0 aliphatic heterocycles. The number of carbonyl (C=O) groups is 1. The van der Waals surface area contributed by atoms with Gasteiger partial charge in [-0.25, -0.2) is 9.79 Å². The summed E-state index contributed by atoms with van der Waals surface area (Å²) in [6.45, 7) is 12.2. The number of aliphatic imine (C=N–C) groups is 1. The molecule has 0 saturated heterocycles. The lowest BCUT2D eigenvalue weighted by Crippen LogP contribution is -2.42. The Hall–Kier alpha value is -2.64. The van der Waals surface area contributed by atoms with E-state index in [0.717, 1.165) is 17.9 Å². The van der Waals surface area contributed by atoms with Gasteiger partial charge < -0.3 is 30.2 Å². The molecule has 3 N–H and O–H groups in total. The maximum Gasteiger partial charge on any atom is 0.407 e. The highest BCUT2D eigenvalue weighted by molar-refractivity contribution is 5.79. The normalized spacial score (nSPS) is 11.6. The number of hydrogen-bond acceptors (Lipinski definition) is 5. The molecule has 0 unspecified atom stereocenters. The molecule has 0 radical (unpaired) electrons. The van der Waals surface area contributed by atoms with Crippen LogP contribution in [0.1, 0.15) is 40.2 Å². The molecule has 1 amide bonds. The van der Waals surface area contributed by atoms with Crippen LogP contribution in [0.25, 0.3) is 0 Å². The molecule has 158 valence electrons. The van der Waals surface area contributed by atoms with E-state index in [1.807, 2.05) is 52.8 Å². The van der Waals surface area contributed by atoms with Gasteiger partial charge in [-0.2, -0.15) is 0 Å². The molecule has 0 bridgehead atoms. The molecule has 0 spiro atoms. The largest absolute Gasteiger partial charge is 0.493 e. The van der Waals surface area contributed by atoms with Crippen molar-refractivity contribution < 1.29 is 19.0 Å². The summed E-state index contributed by atoms with van der Waals surface area (Å²) in [5.74, 6) is 2.08. The summed E-state index contributed by atoms with van der Waals surface area (Å²) in [7, 11) is 1.62. The molecule has 0 saturated carbocycles. The lowest BCUT2D eigenvalue weighted by molar-refractivity contribution is 0.0529. The second kappa shape index (κ2) is 11.9. The Morgan fingerprint density at radius 1 is 1.07 bits per heavy atom. The molecule has 0 aromatic heterocycles. The van der Waals surface area contributed by atoms with Crippen molar-refractivity contribution >= 4 is 12.1 Å². The smallest absolute Gasteiger partial charge is 0.407 e. The van der Waals surface area contributed by atoms with Gasteiger partial charge in [-0.05, 0) is 52.3 Å². The van der Waals surface area contributed by atoms with Crippen molar-refractivity contribution in [3.63, 3.8) is 0 Å². The van der Waals surface area contributed by atoms with E-state index in [1.165, 1.54) is 0 Å². The Morgan fingerprint density at radius 3 is 2.39 bits per heavy atom. The minimum Gasteiger partial charge on any atom is -0.493 e. The minimum absolute atomic E-state index is 0.427. The van der Waals surface area contributed by atoms with Gasteiger partial charge in [0.2, 0.25) is 0 Å². The van der Waals surface area contributed by atoms with E-state index in [9.17, 15) is 4.79 Å². The average molecular weight is 395 g/mol. The van der Waals surface area contributed by atoms with Gasteiger partial charge in [0.15, 0.2) is 17.5 Å². The van der Waals surface area contributed by atoms with Gasteiger partial charge in [0.05, 0.1) is 20.3 Å². The minimum atomic E-state index is -0.507. The number of guanidine groups is 1. The van der Waals surface area contributed by atoms with E-state index in [1.54, 1.807) is 7.11 Å². The Kier molecular flexibility index (Phi) is 9.98. The number of amides is 1. The zero-order valence-electron chi connectivity index (χ0n) is 17.8. The first-order valence-electron chi connectivity index (χ1n) is 9.57. The third-order valence-electron chi connectivity index (χ3n) is 3.38. The van der Waals surface area contributed by atoms with Crippen LogP contribution in [0.3, 0.4) is 0 Å². The second-order valence-electron chi connectivity index (χ2n) is 6.97. The molecular weight excluding hydrogens is 360 g/mol. The van der Waals surface area contributed by atoms with E-state index in [2.05, 4.69) is 20.9 Å². The van der Waals surface area contributed by atoms with Crippen LogP contribution < -0.4 is 25.4 Å². The number of nitrogens with zero attached hydrogens (tertiary/aromatic N) is 1. The van der Waals surface area contributed by atoms with Crippen molar-refractivity contribution in [3.05, 3.63) is 23.8 Å². The van der Waals surface area contributed by atoms with Crippen molar-refractivity contribution in [2.45, 2.75) is 46.8 Å². The van der Waals surface area contributed by atoms with E-state index in [4.69, 9.17) is 14.2 Å².